The quantitative estimate of drug-likeness (QED) is 0.754. The third kappa shape index (κ3) is 5.24. The van der Waals surface area contributed by atoms with Crippen molar-refractivity contribution in [3.63, 3.8) is 0 Å². The van der Waals surface area contributed by atoms with Gasteiger partial charge in [-0.15, -0.1) is 0 Å². The van der Waals surface area contributed by atoms with Gasteiger partial charge in [-0.1, -0.05) is 43.9 Å². The van der Waals surface area contributed by atoms with Gasteiger partial charge in [0.05, 0.1) is 29.9 Å². The average Bonchev–Trinajstić information content (AvgIpc) is 3.30. The van der Waals surface area contributed by atoms with Gasteiger partial charge in [0.1, 0.15) is 6.10 Å². The monoisotopic (exact) mass is 423 g/mol. The van der Waals surface area contributed by atoms with Crippen LogP contribution in [0, 0.1) is 5.92 Å². The van der Waals surface area contributed by atoms with Gasteiger partial charge in [-0.25, -0.2) is 4.98 Å². The topological polar surface area (TPSA) is 71.5 Å². The summed E-state index contributed by atoms with van der Waals surface area (Å²) < 4.78 is 6.00. The van der Waals surface area contributed by atoms with E-state index < -0.39 is 0 Å². The van der Waals surface area contributed by atoms with Gasteiger partial charge >= 0.3 is 0 Å². The van der Waals surface area contributed by atoms with Crippen LogP contribution in [0.3, 0.4) is 0 Å². The van der Waals surface area contributed by atoms with E-state index in [-0.39, 0.29) is 24.0 Å². The van der Waals surface area contributed by atoms with E-state index in [1.54, 1.807) is 0 Å². The van der Waals surface area contributed by atoms with Crippen molar-refractivity contribution < 1.29 is 14.3 Å². The third-order valence-corrected chi connectivity index (χ3v) is 6.39. The molecule has 1 saturated heterocycles. The predicted molar refractivity (Wildman–Crippen MR) is 121 cm³/mol. The highest BCUT2D eigenvalue weighted by atomic mass is 16.5. The van der Waals surface area contributed by atoms with Crippen molar-refractivity contribution in [2.24, 2.45) is 5.92 Å². The summed E-state index contributed by atoms with van der Waals surface area (Å²) in [5.41, 5.74) is 2.07. The molecule has 1 aromatic heterocycles. The molecule has 6 heteroatoms. The molecule has 2 heterocycles. The van der Waals surface area contributed by atoms with Crippen molar-refractivity contribution in [3.8, 4) is 0 Å². The Morgan fingerprint density at radius 2 is 2.00 bits per heavy atom. The van der Waals surface area contributed by atoms with E-state index in [9.17, 15) is 9.59 Å². The zero-order valence-corrected chi connectivity index (χ0v) is 18.6. The Balaban J connectivity index is 1.51. The number of aromatic nitrogens is 1. The molecular formula is C25H33N3O3. The number of para-hydroxylation sites is 1. The van der Waals surface area contributed by atoms with Gasteiger partial charge in [0, 0.05) is 24.4 Å². The van der Waals surface area contributed by atoms with Crippen LogP contribution in [-0.4, -0.2) is 47.4 Å². The van der Waals surface area contributed by atoms with Crippen LogP contribution in [0.15, 0.2) is 30.3 Å². The molecule has 166 valence electrons. The van der Waals surface area contributed by atoms with Gasteiger partial charge in [0.2, 0.25) is 5.91 Å². The fraction of sp³-hybridized carbons (Fsp3) is 0.560. The summed E-state index contributed by atoms with van der Waals surface area (Å²) in [4.78, 5) is 32.4. The van der Waals surface area contributed by atoms with Crippen LogP contribution in [-0.2, 0) is 9.53 Å². The zero-order chi connectivity index (χ0) is 21.8. The van der Waals surface area contributed by atoms with Crippen LogP contribution in [0.2, 0.25) is 0 Å². The number of morpholine rings is 1. The van der Waals surface area contributed by atoms with Gasteiger partial charge in [0.25, 0.3) is 5.91 Å². The first-order valence-electron chi connectivity index (χ1n) is 11.6. The molecule has 1 aliphatic carbocycles. The number of benzene rings is 1. The van der Waals surface area contributed by atoms with Gasteiger partial charge in [-0.05, 0) is 38.3 Å². The molecule has 0 bridgehead atoms. The maximum absolute atomic E-state index is 12.8. The Bertz CT molecular complexity index is 937. The van der Waals surface area contributed by atoms with E-state index in [0.29, 0.717) is 43.3 Å². The van der Waals surface area contributed by atoms with E-state index in [2.05, 4.69) is 5.32 Å². The molecule has 1 atom stereocenters. The summed E-state index contributed by atoms with van der Waals surface area (Å²) in [6.07, 6.45) is 6.43. The first kappa shape index (κ1) is 21.8. The maximum Gasteiger partial charge on any atom is 0.252 e. The van der Waals surface area contributed by atoms with Gasteiger partial charge in [-0.3, -0.25) is 9.59 Å². The molecule has 0 spiro atoms. The van der Waals surface area contributed by atoms with Crippen LogP contribution < -0.4 is 5.32 Å². The molecule has 2 aromatic rings. The van der Waals surface area contributed by atoms with E-state index in [0.717, 1.165) is 17.3 Å². The third-order valence-electron chi connectivity index (χ3n) is 6.39. The van der Waals surface area contributed by atoms with Crippen LogP contribution in [0.1, 0.15) is 74.5 Å². The summed E-state index contributed by atoms with van der Waals surface area (Å²) in [5, 5.41) is 3.80. The fourth-order valence-corrected chi connectivity index (χ4v) is 4.73. The molecule has 2 amide bonds. The van der Waals surface area contributed by atoms with E-state index in [1.165, 1.54) is 25.7 Å². The standard InChI is InChI=1S/C25H33N3O3/c1-17(2)26-25(30)20-15-22(27-21-10-6-5-9-19(20)21)23-16-28(13-14-31-23)24(29)12-11-18-7-3-4-8-18/h5-6,9-10,15,17-18,23H,3-4,7-8,11-14,16H2,1-2H3,(H,26,30)/t23-/m1/s1. The van der Waals surface area contributed by atoms with Crippen LogP contribution in [0.25, 0.3) is 10.9 Å². The number of hydrogen-bond acceptors (Lipinski definition) is 4. The van der Waals surface area contributed by atoms with Gasteiger partial charge < -0.3 is 15.0 Å². The Labute approximate surface area is 184 Å². The number of nitrogens with one attached hydrogen (secondary N) is 1. The fourth-order valence-electron chi connectivity index (χ4n) is 4.73. The number of pyridine rings is 1. The summed E-state index contributed by atoms with van der Waals surface area (Å²) in [7, 11) is 0. The number of carbonyl (C=O) groups is 2. The summed E-state index contributed by atoms with van der Waals surface area (Å²) in [6.45, 7) is 5.49. The van der Waals surface area contributed by atoms with Crippen molar-refractivity contribution in [1.82, 2.24) is 15.2 Å². The highest BCUT2D eigenvalue weighted by Crippen LogP contribution is 2.30. The van der Waals surface area contributed by atoms with Crippen molar-refractivity contribution >= 4 is 22.7 Å². The zero-order valence-electron chi connectivity index (χ0n) is 18.6. The molecule has 6 nitrogen and oxygen atoms in total. The normalized spacial score (nSPS) is 19.8. The Morgan fingerprint density at radius 3 is 2.77 bits per heavy atom. The van der Waals surface area contributed by atoms with Crippen LogP contribution in [0.4, 0.5) is 0 Å². The summed E-state index contributed by atoms with van der Waals surface area (Å²) in [6, 6.07) is 9.54. The first-order valence-corrected chi connectivity index (χ1v) is 11.6. The molecule has 1 aliphatic heterocycles. The second kappa shape index (κ2) is 9.77. The Morgan fingerprint density at radius 1 is 1.23 bits per heavy atom. The molecule has 0 unspecified atom stereocenters. The Kier molecular flexibility index (Phi) is 6.86. The number of fused-ring (bicyclic) bond motifs is 1. The Hall–Kier alpha value is -2.47. The number of carbonyl (C=O) groups excluding carboxylic acids is 2. The predicted octanol–water partition coefficient (Wildman–Crippen LogP) is 4.24. The highest BCUT2D eigenvalue weighted by molar-refractivity contribution is 6.06. The van der Waals surface area contributed by atoms with Gasteiger partial charge in [-0.2, -0.15) is 0 Å². The average molecular weight is 424 g/mol. The molecule has 2 fully saturated rings. The van der Waals surface area contributed by atoms with E-state index in [4.69, 9.17) is 9.72 Å². The smallest absolute Gasteiger partial charge is 0.252 e. The molecule has 2 aliphatic rings. The second-order valence-corrected chi connectivity index (χ2v) is 9.13. The van der Waals surface area contributed by atoms with Crippen LogP contribution in [0.5, 0.6) is 0 Å². The van der Waals surface area contributed by atoms with Crippen molar-refractivity contribution in [2.75, 3.05) is 19.7 Å². The number of hydrogen-bond donors (Lipinski definition) is 1. The van der Waals surface area contributed by atoms with Crippen molar-refractivity contribution in [1.29, 1.82) is 0 Å². The lowest BCUT2D eigenvalue weighted by atomic mass is 10.0. The molecule has 0 radical (unpaired) electrons. The molecule has 4 rings (SSSR count). The van der Waals surface area contributed by atoms with Crippen molar-refractivity contribution in [2.45, 2.75) is 64.5 Å². The number of amides is 2. The van der Waals surface area contributed by atoms with Crippen molar-refractivity contribution in [3.05, 3.63) is 41.6 Å². The maximum atomic E-state index is 12.8. The summed E-state index contributed by atoms with van der Waals surface area (Å²) >= 11 is 0. The number of ether oxygens (including phenoxy) is 1. The first-order chi connectivity index (χ1) is 15.0. The number of nitrogens with zero attached hydrogens (tertiary/aromatic N) is 2. The highest BCUT2D eigenvalue weighted by Gasteiger charge is 2.28. The minimum Gasteiger partial charge on any atom is -0.368 e. The largest absolute Gasteiger partial charge is 0.368 e. The lowest BCUT2D eigenvalue weighted by Crippen LogP contribution is -2.42. The molecular weight excluding hydrogens is 390 g/mol. The SMILES string of the molecule is CC(C)NC(=O)c1cc([C@H]2CN(C(=O)CCC3CCCC3)CCO2)nc2ccccc12. The minimum atomic E-state index is -0.320. The lowest BCUT2D eigenvalue weighted by Gasteiger charge is -2.33. The summed E-state index contributed by atoms with van der Waals surface area (Å²) in [5.74, 6) is 0.805. The minimum absolute atomic E-state index is 0.0433. The molecule has 1 N–H and O–H groups in total. The molecule has 1 saturated carbocycles. The molecule has 31 heavy (non-hydrogen) atoms. The lowest BCUT2D eigenvalue weighted by molar-refractivity contribution is -0.139. The number of rotatable bonds is 6. The van der Waals surface area contributed by atoms with E-state index >= 15 is 0 Å². The van der Waals surface area contributed by atoms with E-state index in [1.807, 2.05) is 49.1 Å². The van der Waals surface area contributed by atoms with Crippen LogP contribution >= 0.6 is 0 Å². The van der Waals surface area contributed by atoms with Gasteiger partial charge in [0.15, 0.2) is 0 Å². The second-order valence-electron chi connectivity index (χ2n) is 9.13. The molecule has 1 aromatic carbocycles.